The fourth-order valence-corrected chi connectivity index (χ4v) is 5.80. The summed E-state index contributed by atoms with van der Waals surface area (Å²) in [5.41, 5.74) is 3.89. The molecule has 2 atom stereocenters. The van der Waals surface area contributed by atoms with Crippen LogP contribution in [-0.2, 0) is 20.8 Å². The van der Waals surface area contributed by atoms with Crippen LogP contribution in [0.25, 0.3) is 11.1 Å². The number of pyridine rings is 1. The molecular weight excluding hydrogens is 603 g/mol. The lowest BCUT2D eigenvalue weighted by atomic mass is 9.86. The Morgan fingerprint density at radius 2 is 1.82 bits per heavy atom. The van der Waals surface area contributed by atoms with Gasteiger partial charge in [0.2, 0.25) is 6.10 Å². The third-order valence-electron chi connectivity index (χ3n) is 7.82. The van der Waals surface area contributed by atoms with Crippen molar-refractivity contribution in [1.82, 2.24) is 9.88 Å². The Hall–Kier alpha value is -5.29. The summed E-state index contributed by atoms with van der Waals surface area (Å²) >= 11 is 5.95. The number of anilines is 1. The number of aromatic carboxylic acids is 1. The number of aromatic nitrogens is 1. The Bertz CT molecular complexity index is 1850. The molecule has 2 aliphatic rings. The highest BCUT2D eigenvalue weighted by Crippen LogP contribution is 2.38. The first kappa shape index (κ1) is 29.8. The van der Waals surface area contributed by atoms with Gasteiger partial charge in [0.15, 0.2) is 5.82 Å². The topological polar surface area (TPSA) is 130 Å². The van der Waals surface area contributed by atoms with E-state index in [1.165, 1.54) is 41.3 Å². The first-order valence-corrected chi connectivity index (χ1v) is 14.4. The van der Waals surface area contributed by atoms with E-state index in [2.05, 4.69) is 15.5 Å². The van der Waals surface area contributed by atoms with Crippen LogP contribution >= 0.6 is 11.6 Å². The minimum Gasteiger partial charge on any atom is -0.495 e. The van der Waals surface area contributed by atoms with Gasteiger partial charge in [-0.2, -0.15) is 0 Å². The minimum atomic E-state index is -1.10. The number of methoxy groups -OCH3 is 1. The van der Waals surface area contributed by atoms with Crippen molar-refractivity contribution in [3.8, 4) is 16.9 Å². The second-order valence-corrected chi connectivity index (χ2v) is 10.9. The average Bonchev–Trinajstić information content (AvgIpc) is 3.55. The molecule has 0 saturated carbocycles. The smallest absolute Gasteiger partial charge is 0.335 e. The maximum absolute atomic E-state index is 14.7. The molecule has 2 N–H and O–H groups in total. The van der Waals surface area contributed by atoms with Gasteiger partial charge < -0.3 is 24.9 Å². The van der Waals surface area contributed by atoms with E-state index in [-0.39, 0.29) is 34.8 Å². The van der Waals surface area contributed by atoms with Gasteiger partial charge in [-0.1, -0.05) is 41.0 Å². The van der Waals surface area contributed by atoms with Crippen LogP contribution in [-0.4, -0.2) is 58.2 Å². The molecular formula is C33H26ClFN4O6. The van der Waals surface area contributed by atoms with Crippen molar-refractivity contribution < 1.29 is 33.5 Å². The van der Waals surface area contributed by atoms with Crippen LogP contribution < -0.4 is 10.1 Å². The number of fused-ring (bicyclic) bond motifs is 1. The van der Waals surface area contributed by atoms with Crippen LogP contribution in [0.15, 0.2) is 84.3 Å². The highest BCUT2D eigenvalue weighted by molar-refractivity contribution is 6.31. The second kappa shape index (κ2) is 12.4. The van der Waals surface area contributed by atoms with E-state index in [1.807, 2.05) is 12.1 Å². The summed E-state index contributed by atoms with van der Waals surface area (Å²) in [7, 11) is 1.55. The van der Waals surface area contributed by atoms with Crippen LogP contribution in [0.3, 0.4) is 0 Å². The molecule has 2 amide bonds. The fourth-order valence-electron chi connectivity index (χ4n) is 5.62. The molecule has 0 saturated heterocycles. The first-order valence-electron chi connectivity index (χ1n) is 14.0. The van der Waals surface area contributed by atoms with Crippen LogP contribution in [0.4, 0.5) is 10.1 Å². The van der Waals surface area contributed by atoms with Crippen LogP contribution in [0, 0.1) is 5.82 Å². The number of halogens is 2. The van der Waals surface area contributed by atoms with E-state index in [4.69, 9.17) is 21.2 Å². The molecule has 12 heteroatoms. The number of oxime groups is 1. The SMILES string of the molecule is COc1cncc(-c2cccc3c2CCN(C(=O)C2CC(c4cccc(Cl)c4F)=NO2)[C@H]3C(=O)Nc2ccc(C(=O)O)cc2)c1. The van der Waals surface area contributed by atoms with Gasteiger partial charge >= 0.3 is 5.97 Å². The quantitative estimate of drug-likeness (QED) is 0.276. The molecule has 4 aromatic rings. The average molecular weight is 629 g/mol. The molecule has 3 aromatic carbocycles. The van der Waals surface area contributed by atoms with Crippen molar-refractivity contribution in [2.45, 2.75) is 25.0 Å². The molecule has 0 bridgehead atoms. The van der Waals surface area contributed by atoms with E-state index in [0.29, 0.717) is 23.4 Å². The Balaban J connectivity index is 1.34. The van der Waals surface area contributed by atoms with Gasteiger partial charge in [0, 0.05) is 36.0 Å². The Morgan fingerprint density at radius 3 is 2.58 bits per heavy atom. The minimum absolute atomic E-state index is 0.0139. The highest BCUT2D eigenvalue weighted by atomic mass is 35.5. The maximum Gasteiger partial charge on any atom is 0.335 e. The molecule has 45 heavy (non-hydrogen) atoms. The monoisotopic (exact) mass is 628 g/mol. The summed E-state index contributed by atoms with van der Waals surface area (Å²) in [6.45, 7) is 0.178. The molecule has 0 fully saturated rings. The lowest BCUT2D eigenvalue weighted by Gasteiger charge is -2.38. The van der Waals surface area contributed by atoms with Crippen molar-refractivity contribution in [1.29, 1.82) is 0 Å². The Kier molecular flexibility index (Phi) is 8.18. The summed E-state index contributed by atoms with van der Waals surface area (Å²) in [6.07, 6.45) is 2.62. The lowest BCUT2D eigenvalue weighted by molar-refractivity contribution is -0.148. The van der Waals surface area contributed by atoms with Gasteiger partial charge in [-0.15, -0.1) is 0 Å². The van der Waals surface area contributed by atoms with Gasteiger partial charge in [-0.05, 0) is 65.6 Å². The molecule has 3 heterocycles. The van der Waals surface area contributed by atoms with E-state index in [0.717, 1.165) is 16.7 Å². The molecule has 1 unspecified atom stereocenters. The Morgan fingerprint density at radius 1 is 1.07 bits per heavy atom. The summed E-state index contributed by atoms with van der Waals surface area (Å²) in [4.78, 5) is 50.5. The fraction of sp³-hybridized carbons (Fsp3) is 0.182. The third kappa shape index (κ3) is 5.82. The molecule has 1 aromatic heterocycles. The number of hydrogen-bond acceptors (Lipinski definition) is 7. The number of ether oxygens (including phenoxy) is 1. The predicted octanol–water partition coefficient (Wildman–Crippen LogP) is 5.51. The maximum atomic E-state index is 14.7. The summed E-state index contributed by atoms with van der Waals surface area (Å²) in [5, 5.41) is 16.0. The molecule has 0 radical (unpaired) electrons. The number of amides is 2. The van der Waals surface area contributed by atoms with Crippen molar-refractivity contribution >= 4 is 40.8 Å². The van der Waals surface area contributed by atoms with Gasteiger partial charge in [0.05, 0.1) is 29.6 Å². The standard InChI is InChI=1S/C33H26ClFN4O6/c1-44-21-14-19(16-36-17-21)22-4-2-5-24-23(22)12-13-39(30(24)31(40)37-20-10-8-18(9-11-20)33(42)43)32(41)28-15-27(38-45-28)25-6-3-7-26(34)29(25)35/h2-11,14,16-17,28,30H,12-13,15H2,1H3,(H,37,40)(H,42,43)/t28?,30-/m1/s1. The van der Waals surface area contributed by atoms with E-state index in [1.54, 1.807) is 37.7 Å². The number of nitrogens with one attached hydrogen (secondary N) is 1. The van der Waals surface area contributed by atoms with Crippen LogP contribution in [0.1, 0.15) is 39.5 Å². The van der Waals surface area contributed by atoms with Crippen molar-refractivity contribution in [3.63, 3.8) is 0 Å². The molecule has 6 rings (SSSR count). The van der Waals surface area contributed by atoms with Gasteiger partial charge in [-0.25, -0.2) is 9.18 Å². The van der Waals surface area contributed by atoms with E-state index < -0.39 is 35.7 Å². The zero-order valence-corrected chi connectivity index (χ0v) is 24.6. The lowest BCUT2D eigenvalue weighted by Crippen LogP contribution is -2.49. The van der Waals surface area contributed by atoms with Gasteiger partial charge in [0.1, 0.15) is 11.8 Å². The zero-order chi connectivity index (χ0) is 31.7. The molecule has 2 aliphatic heterocycles. The summed E-state index contributed by atoms with van der Waals surface area (Å²) in [5.74, 6) is -2.18. The molecule has 228 valence electrons. The van der Waals surface area contributed by atoms with Gasteiger partial charge in [-0.3, -0.25) is 14.6 Å². The van der Waals surface area contributed by atoms with Crippen LogP contribution in [0.2, 0.25) is 5.02 Å². The van der Waals surface area contributed by atoms with E-state index >= 15 is 0 Å². The van der Waals surface area contributed by atoms with Crippen molar-refractivity contribution in [3.05, 3.63) is 112 Å². The number of hydrogen-bond donors (Lipinski definition) is 2. The first-order chi connectivity index (χ1) is 21.7. The molecule has 10 nitrogen and oxygen atoms in total. The number of rotatable bonds is 7. The van der Waals surface area contributed by atoms with Crippen molar-refractivity contribution in [2.75, 3.05) is 19.0 Å². The molecule has 0 spiro atoms. The number of carbonyl (C=O) groups excluding carboxylic acids is 2. The summed E-state index contributed by atoms with van der Waals surface area (Å²) < 4.78 is 20.1. The number of carbonyl (C=O) groups is 3. The Labute approximate surface area is 262 Å². The van der Waals surface area contributed by atoms with Crippen LogP contribution in [0.5, 0.6) is 5.75 Å². The number of carboxylic acid groups (broad SMARTS) is 1. The van der Waals surface area contributed by atoms with E-state index in [9.17, 15) is 23.9 Å². The zero-order valence-electron chi connectivity index (χ0n) is 23.9. The number of nitrogens with zero attached hydrogens (tertiary/aromatic N) is 3. The summed E-state index contributed by atoms with van der Waals surface area (Å²) in [6, 6.07) is 16.5. The largest absolute Gasteiger partial charge is 0.495 e. The highest BCUT2D eigenvalue weighted by Gasteiger charge is 2.42. The third-order valence-corrected chi connectivity index (χ3v) is 8.11. The predicted molar refractivity (Wildman–Crippen MR) is 164 cm³/mol. The van der Waals surface area contributed by atoms with Gasteiger partial charge in [0.25, 0.3) is 11.8 Å². The van der Waals surface area contributed by atoms with Crippen molar-refractivity contribution in [2.24, 2.45) is 5.16 Å². The number of benzene rings is 3. The molecule has 0 aliphatic carbocycles. The number of carboxylic acids is 1. The normalized spacial score (nSPS) is 17.1. The second-order valence-electron chi connectivity index (χ2n) is 10.5.